The number of nitrogens with zero attached hydrogens (tertiary/aromatic N) is 1. The van der Waals surface area contributed by atoms with Gasteiger partial charge in [-0.1, -0.05) is 12.1 Å². The van der Waals surface area contributed by atoms with Crippen molar-refractivity contribution in [2.24, 2.45) is 11.7 Å². The van der Waals surface area contributed by atoms with E-state index in [-0.39, 0.29) is 12.0 Å². The Hall–Kier alpha value is -2.08. The largest absolute Gasteiger partial charge is 0.393 e. The molecule has 4 N–H and O–H groups in total. The molecule has 0 radical (unpaired) electrons. The van der Waals surface area contributed by atoms with Gasteiger partial charge in [0.25, 0.3) is 5.91 Å². The number of aliphatic hydroxyl groups excluding tert-OH is 1. The molecule has 1 aromatic carbocycles. The molecule has 0 unspecified atom stereocenters. The zero-order chi connectivity index (χ0) is 15.4. The first-order chi connectivity index (χ1) is 9.95. The quantitative estimate of drug-likeness (QED) is 0.745. The molecule has 0 aliphatic heterocycles. The number of primary amides is 1. The van der Waals surface area contributed by atoms with Gasteiger partial charge >= 0.3 is 6.03 Å². The highest BCUT2D eigenvalue weighted by molar-refractivity contribution is 5.94. The minimum absolute atomic E-state index is 0.0363. The Bertz CT molecular complexity index is 509. The number of hydrogen-bond donors (Lipinski definition) is 3. The molecular formula is C15H21N3O3. The first-order valence-electron chi connectivity index (χ1n) is 7.01. The maximum absolute atomic E-state index is 12.3. The molecule has 21 heavy (non-hydrogen) atoms. The first-order valence-corrected chi connectivity index (χ1v) is 7.01. The van der Waals surface area contributed by atoms with E-state index in [1.165, 1.54) is 0 Å². The fourth-order valence-electron chi connectivity index (χ4n) is 2.49. The Morgan fingerprint density at radius 3 is 2.48 bits per heavy atom. The van der Waals surface area contributed by atoms with Gasteiger partial charge in [0.2, 0.25) is 0 Å². The minimum atomic E-state index is -0.572. The van der Waals surface area contributed by atoms with Crippen molar-refractivity contribution >= 4 is 11.9 Å². The van der Waals surface area contributed by atoms with Crippen LogP contribution < -0.4 is 11.1 Å². The van der Waals surface area contributed by atoms with Crippen LogP contribution in [0.25, 0.3) is 0 Å². The molecule has 1 aliphatic rings. The summed E-state index contributed by atoms with van der Waals surface area (Å²) >= 11 is 0. The normalized spacial score (nSPS) is 20.5. The van der Waals surface area contributed by atoms with Crippen LogP contribution in [0, 0.1) is 5.92 Å². The highest BCUT2D eigenvalue weighted by Crippen LogP contribution is 2.27. The molecule has 2 rings (SSSR count). The third kappa shape index (κ3) is 4.19. The van der Waals surface area contributed by atoms with Gasteiger partial charge in [-0.3, -0.25) is 4.79 Å². The molecule has 1 aromatic rings. The summed E-state index contributed by atoms with van der Waals surface area (Å²) in [5.74, 6) is 0.360. The molecule has 0 saturated heterocycles. The van der Waals surface area contributed by atoms with Gasteiger partial charge in [0.05, 0.1) is 6.10 Å². The number of nitrogens with one attached hydrogen (secondary N) is 1. The van der Waals surface area contributed by atoms with Gasteiger partial charge in [0.15, 0.2) is 0 Å². The fourth-order valence-corrected chi connectivity index (χ4v) is 2.49. The van der Waals surface area contributed by atoms with Crippen LogP contribution in [0.4, 0.5) is 4.79 Å². The summed E-state index contributed by atoms with van der Waals surface area (Å²) in [5.41, 5.74) is 6.50. The Labute approximate surface area is 123 Å². The molecule has 3 amide bonds. The Kier molecular flexibility index (Phi) is 4.80. The van der Waals surface area contributed by atoms with E-state index < -0.39 is 6.03 Å². The van der Waals surface area contributed by atoms with E-state index in [4.69, 9.17) is 5.73 Å². The molecule has 6 nitrogen and oxygen atoms in total. The van der Waals surface area contributed by atoms with Crippen molar-refractivity contribution in [3.05, 3.63) is 35.4 Å². The Morgan fingerprint density at radius 1 is 1.33 bits per heavy atom. The third-order valence-electron chi connectivity index (χ3n) is 3.76. The summed E-state index contributed by atoms with van der Waals surface area (Å²) in [6, 6.07) is 6.50. The lowest BCUT2D eigenvalue weighted by molar-refractivity contribution is 0.0265. The van der Waals surface area contributed by atoms with Crippen molar-refractivity contribution in [3.8, 4) is 0 Å². The summed E-state index contributed by atoms with van der Waals surface area (Å²) in [5, 5.41) is 11.8. The lowest BCUT2D eigenvalue weighted by Gasteiger charge is -2.34. The molecule has 0 spiro atoms. The summed E-state index contributed by atoms with van der Waals surface area (Å²) < 4.78 is 0. The zero-order valence-corrected chi connectivity index (χ0v) is 12.1. The second kappa shape index (κ2) is 6.58. The topological polar surface area (TPSA) is 95.7 Å². The van der Waals surface area contributed by atoms with Crippen molar-refractivity contribution in [2.75, 3.05) is 13.6 Å². The highest BCUT2D eigenvalue weighted by atomic mass is 16.3. The molecular weight excluding hydrogens is 270 g/mol. The molecule has 114 valence electrons. The molecule has 0 heterocycles. The van der Waals surface area contributed by atoms with Gasteiger partial charge in [-0.25, -0.2) is 4.79 Å². The van der Waals surface area contributed by atoms with E-state index in [1.54, 1.807) is 36.2 Å². The SMILES string of the molecule is CN(CC1CC(O)C1)C(=O)c1ccc(CNC(N)=O)cc1. The lowest BCUT2D eigenvalue weighted by Crippen LogP contribution is -2.39. The van der Waals surface area contributed by atoms with Crippen LogP contribution in [0.5, 0.6) is 0 Å². The predicted molar refractivity (Wildman–Crippen MR) is 78.6 cm³/mol. The van der Waals surface area contributed by atoms with Crippen molar-refractivity contribution in [3.63, 3.8) is 0 Å². The average Bonchev–Trinajstić information content (AvgIpc) is 2.43. The van der Waals surface area contributed by atoms with Crippen LogP contribution in [0.2, 0.25) is 0 Å². The smallest absolute Gasteiger partial charge is 0.312 e. The predicted octanol–water partition coefficient (Wildman–Crippen LogP) is 0.698. The van der Waals surface area contributed by atoms with Crippen LogP contribution in [0.1, 0.15) is 28.8 Å². The van der Waals surface area contributed by atoms with Crippen LogP contribution in [-0.2, 0) is 6.54 Å². The van der Waals surface area contributed by atoms with Crippen molar-refractivity contribution in [1.82, 2.24) is 10.2 Å². The standard InChI is InChI=1S/C15H21N3O3/c1-18(9-11-6-13(19)7-11)14(20)12-4-2-10(3-5-12)8-17-15(16)21/h2-5,11,13,19H,6-9H2,1H3,(H3,16,17,21). The average molecular weight is 291 g/mol. The number of nitrogens with two attached hydrogens (primary N) is 1. The zero-order valence-electron chi connectivity index (χ0n) is 12.1. The lowest BCUT2D eigenvalue weighted by atomic mass is 9.82. The fraction of sp³-hybridized carbons (Fsp3) is 0.467. The van der Waals surface area contributed by atoms with Gasteiger partial charge < -0.3 is 21.1 Å². The second-order valence-electron chi connectivity index (χ2n) is 5.59. The number of aliphatic hydroxyl groups is 1. The number of amides is 3. The van der Waals surface area contributed by atoms with Crippen molar-refractivity contribution in [1.29, 1.82) is 0 Å². The molecule has 0 bridgehead atoms. The van der Waals surface area contributed by atoms with E-state index in [0.717, 1.165) is 18.4 Å². The van der Waals surface area contributed by atoms with E-state index in [2.05, 4.69) is 5.32 Å². The summed E-state index contributed by atoms with van der Waals surface area (Å²) in [7, 11) is 1.77. The van der Waals surface area contributed by atoms with E-state index >= 15 is 0 Å². The summed E-state index contributed by atoms with van der Waals surface area (Å²) in [4.78, 5) is 24.6. The molecule has 6 heteroatoms. The Balaban J connectivity index is 1.88. The second-order valence-corrected chi connectivity index (χ2v) is 5.59. The van der Waals surface area contributed by atoms with Crippen LogP contribution >= 0.6 is 0 Å². The number of rotatable bonds is 5. The van der Waals surface area contributed by atoms with Gasteiger partial charge in [0, 0.05) is 25.7 Å². The van der Waals surface area contributed by atoms with Crippen molar-refractivity contribution < 1.29 is 14.7 Å². The van der Waals surface area contributed by atoms with E-state index in [9.17, 15) is 14.7 Å². The first kappa shape index (κ1) is 15.3. The molecule has 0 aromatic heterocycles. The number of carbonyl (C=O) groups is 2. The molecule has 1 saturated carbocycles. The monoisotopic (exact) mass is 291 g/mol. The third-order valence-corrected chi connectivity index (χ3v) is 3.76. The van der Waals surface area contributed by atoms with Gasteiger partial charge in [-0.15, -0.1) is 0 Å². The van der Waals surface area contributed by atoms with Crippen molar-refractivity contribution in [2.45, 2.75) is 25.5 Å². The number of carbonyl (C=O) groups excluding carboxylic acids is 2. The van der Waals surface area contributed by atoms with Gasteiger partial charge in [0.1, 0.15) is 0 Å². The Morgan fingerprint density at radius 2 is 1.95 bits per heavy atom. The molecule has 1 aliphatic carbocycles. The minimum Gasteiger partial charge on any atom is -0.393 e. The van der Waals surface area contributed by atoms with E-state index in [0.29, 0.717) is 24.6 Å². The van der Waals surface area contributed by atoms with Crippen LogP contribution in [0.3, 0.4) is 0 Å². The number of benzene rings is 1. The van der Waals surface area contributed by atoms with Gasteiger partial charge in [-0.2, -0.15) is 0 Å². The van der Waals surface area contributed by atoms with E-state index in [1.807, 2.05) is 0 Å². The van der Waals surface area contributed by atoms with Crippen LogP contribution in [-0.4, -0.2) is 41.6 Å². The number of urea groups is 1. The summed E-state index contributed by atoms with van der Waals surface area (Å²) in [6.07, 6.45) is 1.35. The highest BCUT2D eigenvalue weighted by Gasteiger charge is 2.29. The maximum Gasteiger partial charge on any atom is 0.312 e. The van der Waals surface area contributed by atoms with Crippen LogP contribution in [0.15, 0.2) is 24.3 Å². The summed E-state index contributed by atoms with van der Waals surface area (Å²) in [6.45, 7) is 1.01. The van der Waals surface area contributed by atoms with Gasteiger partial charge in [-0.05, 0) is 36.5 Å². The molecule has 0 atom stereocenters. The number of hydrogen-bond acceptors (Lipinski definition) is 3. The molecule has 1 fully saturated rings. The maximum atomic E-state index is 12.3.